The van der Waals surface area contributed by atoms with E-state index in [0.717, 1.165) is 0 Å². The van der Waals surface area contributed by atoms with Crippen molar-refractivity contribution in [2.75, 3.05) is 30.9 Å². The van der Waals surface area contributed by atoms with Crippen LogP contribution in [-0.2, 0) is 9.53 Å². The zero-order valence-corrected chi connectivity index (χ0v) is 14.5. The number of anilines is 2. The summed E-state index contributed by atoms with van der Waals surface area (Å²) in [6.45, 7) is 2.16. The van der Waals surface area contributed by atoms with Crippen LogP contribution in [0.25, 0.3) is 0 Å². The third-order valence-electron chi connectivity index (χ3n) is 3.31. The van der Waals surface area contributed by atoms with Crippen LogP contribution in [0.2, 0.25) is 0 Å². The topological polar surface area (TPSA) is 109 Å². The van der Waals surface area contributed by atoms with Crippen molar-refractivity contribution in [2.45, 2.75) is 6.92 Å². The molecule has 0 saturated carbocycles. The molecule has 2 rings (SSSR count). The van der Waals surface area contributed by atoms with Gasteiger partial charge in [0.15, 0.2) is 0 Å². The first kappa shape index (κ1) is 19.1. The third-order valence-corrected chi connectivity index (χ3v) is 3.31. The molecule has 0 fully saturated rings. The Balaban J connectivity index is 2.02. The molecule has 3 N–H and O–H groups in total. The van der Waals surface area contributed by atoms with Gasteiger partial charge in [-0.15, -0.1) is 0 Å². The van der Waals surface area contributed by atoms with Crippen LogP contribution < -0.4 is 16.0 Å². The zero-order chi connectivity index (χ0) is 18.9. The second-order valence-electron chi connectivity index (χ2n) is 5.39. The molecule has 8 nitrogen and oxygen atoms in total. The summed E-state index contributed by atoms with van der Waals surface area (Å²) in [7, 11) is 1.54. The van der Waals surface area contributed by atoms with Gasteiger partial charge in [-0.05, 0) is 36.4 Å². The van der Waals surface area contributed by atoms with Crippen molar-refractivity contribution >= 4 is 29.1 Å². The van der Waals surface area contributed by atoms with Crippen LogP contribution in [0.15, 0.2) is 42.6 Å². The lowest BCUT2D eigenvalue weighted by Crippen LogP contribution is -2.28. The number of nitrogens with one attached hydrogen (secondary N) is 3. The van der Waals surface area contributed by atoms with Gasteiger partial charge < -0.3 is 20.7 Å². The predicted octanol–water partition coefficient (Wildman–Crippen LogP) is 1.67. The number of ether oxygens (including phenoxy) is 1. The normalized spacial score (nSPS) is 10.1. The van der Waals surface area contributed by atoms with Gasteiger partial charge in [0, 0.05) is 43.7 Å². The molecule has 0 bridgehead atoms. The summed E-state index contributed by atoms with van der Waals surface area (Å²) in [4.78, 5) is 39.3. The fourth-order valence-electron chi connectivity index (χ4n) is 2.10. The van der Waals surface area contributed by atoms with E-state index in [1.807, 2.05) is 0 Å². The van der Waals surface area contributed by atoms with E-state index in [1.165, 1.54) is 32.4 Å². The maximum Gasteiger partial charge on any atom is 0.269 e. The Morgan fingerprint density at radius 3 is 2.27 bits per heavy atom. The maximum absolute atomic E-state index is 12.4. The SMILES string of the molecule is COCCNC(=O)c1cc(C(=O)Nc2ccc(NC(C)=O)cc2)ccn1. The van der Waals surface area contributed by atoms with E-state index in [-0.39, 0.29) is 23.4 Å². The van der Waals surface area contributed by atoms with Crippen LogP contribution in [0.5, 0.6) is 0 Å². The monoisotopic (exact) mass is 356 g/mol. The molecular formula is C18H20N4O4. The summed E-state index contributed by atoms with van der Waals surface area (Å²) >= 11 is 0. The number of rotatable bonds is 7. The van der Waals surface area contributed by atoms with E-state index < -0.39 is 0 Å². The summed E-state index contributed by atoms with van der Waals surface area (Å²) in [6.07, 6.45) is 1.40. The molecule has 0 radical (unpaired) electrons. The number of hydrogen-bond donors (Lipinski definition) is 3. The molecule has 0 aliphatic heterocycles. The second kappa shape index (κ2) is 9.28. The number of hydrogen-bond acceptors (Lipinski definition) is 5. The Morgan fingerprint density at radius 1 is 1.00 bits per heavy atom. The first-order chi connectivity index (χ1) is 12.5. The Hall–Kier alpha value is -3.26. The molecule has 26 heavy (non-hydrogen) atoms. The molecule has 0 saturated heterocycles. The predicted molar refractivity (Wildman–Crippen MR) is 97.1 cm³/mol. The summed E-state index contributed by atoms with van der Waals surface area (Å²) in [5.41, 5.74) is 1.65. The molecule has 0 unspecified atom stereocenters. The van der Waals surface area contributed by atoms with Crippen molar-refractivity contribution < 1.29 is 19.1 Å². The fourth-order valence-corrected chi connectivity index (χ4v) is 2.10. The van der Waals surface area contributed by atoms with Crippen molar-refractivity contribution in [2.24, 2.45) is 0 Å². The molecule has 0 aliphatic carbocycles. The van der Waals surface area contributed by atoms with Gasteiger partial charge in [-0.25, -0.2) is 0 Å². The maximum atomic E-state index is 12.4. The van der Waals surface area contributed by atoms with E-state index in [4.69, 9.17) is 4.74 Å². The lowest BCUT2D eigenvalue weighted by atomic mass is 10.2. The number of benzene rings is 1. The number of methoxy groups -OCH3 is 1. The number of amides is 3. The largest absolute Gasteiger partial charge is 0.383 e. The number of carbonyl (C=O) groups excluding carboxylic acids is 3. The molecule has 1 aromatic carbocycles. The quantitative estimate of drug-likeness (QED) is 0.654. The van der Waals surface area contributed by atoms with E-state index >= 15 is 0 Å². The van der Waals surface area contributed by atoms with Crippen molar-refractivity contribution in [1.82, 2.24) is 10.3 Å². The minimum absolute atomic E-state index is 0.148. The van der Waals surface area contributed by atoms with Crippen LogP contribution in [0.1, 0.15) is 27.8 Å². The Morgan fingerprint density at radius 2 is 1.65 bits per heavy atom. The van der Waals surface area contributed by atoms with E-state index in [0.29, 0.717) is 30.1 Å². The molecule has 0 aliphatic rings. The first-order valence-corrected chi connectivity index (χ1v) is 7.92. The summed E-state index contributed by atoms with van der Waals surface area (Å²) in [5.74, 6) is -0.920. The van der Waals surface area contributed by atoms with E-state index in [9.17, 15) is 14.4 Å². The number of carbonyl (C=O) groups is 3. The van der Waals surface area contributed by atoms with Crippen LogP contribution in [0, 0.1) is 0 Å². The number of aromatic nitrogens is 1. The van der Waals surface area contributed by atoms with Gasteiger partial charge in [0.25, 0.3) is 11.8 Å². The van der Waals surface area contributed by atoms with E-state index in [1.54, 1.807) is 24.3 Å². The highest BCUT2D eigenvalue weighted by Crippen LogP contribution is 2.15. The summed E-state index contributed by atoms with van der Waals surface area (Å²) in [5, 5.41) is 8.02. The minimum atomic E-state index is -0.378. The fraction of sp³-hybridized carbons (Fsp3) is 0.222. The highest BCUT2D eigenvalue weighted by atomic mass is 16.5. The van der Waals surface area contributed by atoms with Crippen LogP contribution in [0.3, 0.4) is 0 Å². The Kier molecular flexibility index (Phi) is 6.81. The average molecular weight is 356 g/mol. The van der Waals surface area contributed by atoms with Gasteiger partial charge >= 0.3 is 0 Å². The first-order valence-electron chi connectivity index (χ1n) is 7.92. The summed E-state index contributed by atoms with van der Waals surface area (Å²) in [6, 6.07) is 9.64. The van der Waals surface area contributed by atoms with Crippen molar-refractivity contribution in [3.63, 3.8) is 0 Å². The van der Waals surface area contributed by atoms with Crippen LogP contribution in [0.4, 0.5) is 11.4 Å². The van der Waals surface area contributed by atoms with Crippen molar-refractivity contribution in [3.05, 3.63) is 53.9 Å². The molecule has 3 amide bonds. The summed E-state index contributed by atoms with van der Waals surface area (Å²) < 4.78 is 4.86. The zero-order valence-electron chi connectivity index (χ0n) is 14.5. The number of pyridine rings is 1. The lowest BCUT2D eigenvalue weighted by Gasteiger charge is -2.08. The molecule has 8 heteroatoms. The standard InChI is InChI=1S/C18H20N4O4/c1-12(23)21-14-3-5-15(6-4-14)22-17(24)13-7-8-19-16(11-13)18(25)20-9-10-26-2/h3-8,11H,9-10H2,1-2H3,(H,20,25)(H,21,23)(H,22,24). The molecule has 0 spiro atoms. The smallest absolute Gasteiger partial charge is 0.269 e. The highest BCUT2D eigenvalue weighted by Gasteiger charge is 2.12. The molecule has 2 aromatic rings. The minimum Gasteiger partial charge on any atom is -0.383 e. The van der Waals surface area contributed by atoms with Gasteiger partial charge in [-0.2, -0.15) is 0 Å². The molecule has 0 atom stereocenters. The number of nitrogens with zero attached hydrogens (tertiary/aromatic N) is 1. The van der Waals surface area contributed by atoms with Crippen molar-refractivity contribution in [3.8, 4) is 0 Å². The molecule has 136 valence electrons. The van der Waals surface area contributed by atoms with Gasteiger partial charge in [-0.3, -0.25) is 19.4 Å². The molecule has 1 aromatic heterocycles. The van der Waals surface area contributed by atoms with Gasteiger partial charge in [0.05, 0.1) is 6.61 Å². The Labute approximate surface area is 151 Å². The van der Waals surface area contributed by atoms with Gasteiger partial charge in [0.1, 0.15) is 5.69 Å². The molecule has 1 heterocycles. The average Bonchev–Trinajstić information content (AvgIpc) is 2.63. The van der Waals surface area contributed by atoms with Crippen molar-refractivity contribution in [1.29, 1.82) is 0 Å². The van der Waals surface area contributed by atoms with E-state index in [2.05, 4.69) is 20.9 Å². The lowest BCUT2D eigenvalue weighted by molar-refractivity contribution is -0.114. The van der Waals surface area contributed by atoms with Gasteiger partial charge in [-0.1, -0.05) is 0 Å². The Bertz CT molecular complexity index is 790. The van der Waals surface area contributed by atoms with Crippen LogP contribution >= 0.6 is 0 Å². The highest BCUT2D eigenvalue weighted by molar-refractivity contribution is 6.05. The molecular weight excluding hydrogens is 336 g/mol. The third kappa shape index (κ3) is 5.67. The van der Waals surface area contributed by atoms with Crippen LogP contribution in [-0.4, -0.2) is 43.0 Å². The van der Waals surface area contributed by atoms with Gasteiger partial charge in [0.2, 0.25) is 5.91 Å². The second-order valence-corrected chi connectivity index (χ2v) is 5.39.